The fourth-order valence-corrected chi connectivity index (χ4v) is 3.70. The van der Waals surface area contributed by atoms with Crippen LogP contribution in [0.4, 0.5) is 4.79 Å². The molecular formula is C88H178N28O7S. The molecule has 4 aliphatic heterocycles. The first-order valence-electron chi connectivity index (χ1n) is 43.5. The van der Waals surface area contributed by atoms with Crippen LogP contribution in [0.5, 0.6) is 0 Å². The van der Waals surface area contributed by atoms with Gasteiger partial charge in [0.2, 0.25) is 0 Å². The van der Waals surface area contributed by atoms with Crippen molar-refractivity contribution < 1.29 is 23.6 Å². The van der Waals surface area contributed by atoms with Gasteiger partial charge in [-0.1, -0.05) is 316 Å². The van der Waals surface area contributed by atoms with Gasteiger partial charge in [-0.3, -0.25) is 34.1 Å². The van der Waals surface area contributed by atoms with Crippen molar-refractivity contribution in [2.24, 2.45) is 44.0 Å². The molecule has 0 atom stereocenters. The summed E-state index contributed by atoms with van der Waals surface area (Å²) in [6.07, 6.45) is 42.0. The molecule has 2 N–H and O–H groups in total. The van der Waals surface area contributed by atoms with Crippen LogP contribution >= 0.6 is 11.3 Å². The Morgan fingerprint density at radius 3 is 0.815 bits per heavy atom. The van der Waals surface area contributed by atoms with Gasteiger partial charge in [0.25, 0.3) is 17.7 Å². The van der Waals surface area contributed by atoms with Crippen LogP contribution < -0.4 is 10.6 Å². The SMILES string of the molecule is CC.CC.CC.CC.CC.CC.CC.CC.CC.CC.CC.CC.CC.CC.CC.CC.CC.CC.CC.CC.CC.CC.Cc1nnn(C)n1.Cc1nnnn1C.O=C1C=CC=N1.O=C1C=CC=N1.O=C1C=NC=N1.O=C1N=CC=N1.O=c1[nH]cco1.O=c1[nH]ccs1.c1ccnnc1.c1cnccn1.c1cncnc1.c1cnncn1.c1ncncn1. The molecule has 13 heterocycles. The molecule has 0 aromatic carbocycles. The fraction of sp³-hybridized carbons (Fsp3) is 0.545. The van der Waals surface area contributed by atoms with E-state index in [-0.39, 0.29) is 22.6 Å². The van der Waals surface area contributed by atoms with E-state index in [0.717, 1.165) is 5.82 Å². The Hall–Kier alpha value is -12.0. The highest BCUT2D eigenvalue weighted by molar-refractivity contribution is 7.07. The molecule has 718 valence electrons. The van der Waals surface area contributed by atoms with E-state index >= 15 is 0 Å². The first kappa shape index (κ1) is 170. The molecule has 0 fully saturated rings. The van der Waals surface area contributed by atoms with Crippen LogP contribution in [-0.2, 0) is 28.5 Å². The highest BCUT2D eigenvalue weighted by atomic mass is 32.1. The van der Waals surface area contributed by atoms with Crippen LogP contribution in [0.3, 0.4) is 0 Å². The molecule has 9 aromatic rings. The van der Waals surface area contributed by atoms with Gasteiger partial charge in [-0.2, -0.15) is 35.1 Å². The van der Waals surface area contributed by atoms with Gasteiger partial charge in [-0.05, 0) is 59.8 Å². The summed E-state index contributed by atoms with van der Waals surface area (Å²) in [5, 5.41) is 37.2. The number of oxazole rings is 1. The molecule has 0 spiro atoms. The molecule has 36 heteroatoms. The number of nitrogens with one attached hydrogen (secondary N) is 2. The molecule has 0 saturated heterocycles. The Morgan fingerprint density at radius 1 is 0.347 bits per heavy atom. The van der Waals surface area contributed by atoms with Gasteiger partial charge in [0.1, 0.15) is 50.1 Å². The molecular weight excluding hydrogens is 1590 g/mol. The molecule has 13 rings (SSSR count). The molecule has 0 aliphatic carbocycles. The minimum absolute atomic E-state index is 0.00926. The predicted molar refractivity (Wildman–Crippen MR) is 536 cm³/mol. The number of aliphatic imine (C=N–C) groups is 6. The van der Waals surface area contributed by atoms with Crippen LogP contribution in [0.2, 0.25) is 0 Å². The van der Waals surface area contributed by atoms with Gasteiger partial charge in [-0.25, -0.2) is 59.2 Å². The number of nitrogens with zero attached hydrogens (tertiary/aromatic N) is 26. The lowest BCUT2D eigenvalue weighted by Crippen LogP contribution is -1.92. The molecule has 5 amide bonds. The van der Waals surface area contributed by atoms with Crippen molar-refractivity contribution in [3.05, 3.63) is 192 Å². The zero-order valence-corrected chi connectivity index (χ0v) is 87.2. The van der Waals surface area contributed by atoms with Crippen molar-refractivity contribution in [2.75, 3.05) is 0 Å². The van der Waals surface area contributed by atoms with E-state index < -0.39 is 11.8 Å². The summed E-state index contributed by atoms with van der Waals surface area (Å²) in [6.45, 7) is 91.6. The lowest BCUT2D eigenvalue weighted by atomic mass is 10.6. The van der Waals surface area contributed by atoms with Gasteiger partial charge in [-0.15, -0.1) is 20.4 Å². The Kier molecular flexibility index (Phi) is 303. The van der Waals surface area contributed by atoms with E-state index in [1.54, 1.807) is 111 Å². The highest BCUT2D eigenvalue weighted by Gasteiger charge is 1.93. The third-order valence-corrected chi connectivity index (χ3v) is 7.10. The average molecular weight is 1770 g/mol. The number of tetrazole rings is 2. The second-order valence-corrected chi connectivity index (χ2v) is 13.2. The quantitative estimate of drug-likeness (QED) is 0.142. The maximum Gasteiger partial charge on any atom is 0.416 e. The first-order chi connectivity index (χ1) is 61.0. The van der Waals surface area contributed by atoms with Crippen LogP contribution in [0, 0.1) is 13.8 Å². The minimum atomic E-state index is -0.407. The number of aromatic amines is 2. The zero-order valence-electron chi connectivity index (χ0n) is 86.4. The van der Waals surface area contributed by atoms with Crippen LogP contribution in [0.1, 0.15) is 316 Å². The number of hydrogen-bond donors (Lipinski definition) is 2. The van der Waals surface area contributed by atoms with Gasteiger partial charge in [0, 0.05) is 105 Å². The number of thiazole rings is 1. The second-order valence-electron chi connectivity index (χ2n) is 12.3. The number of H-pyrrole nitrogens is 2. The fourth-order valence-electron chi connectivity index (χ4n) is 3.30. The summed E-state index contributed by atoms with van der Waals surface area (Å²) in [6, 6.07) is 5.02. The molecule has 35 nitrogen and oxygen atoms in total. The van der Waals surface area contributed by atoms with E-state index in [0.29, 0.717) is 5.82 Å². The van der Waals surface area contributed by atoms with E-state index in [9.17, 15) is 28.8 Å². The van der Waals surface area contributed by atoms with Crippen molar-refractivity contribution in [3.63, 3.8) is 0 Å². The number of amides is 5. The van der Waals surface area contributed by atoms with E-state index in [2.05, 4.69) is 136 Å². The minimum Gasteiger partial charge on any atom is -0.417 e. The van der Waals surface area contributed by atoms with Gasteiger partial charge in [0.15, 0.2) is 5.82 Å². The second kappa shape index (κ2) is 221. The van der Waals surface area contributed by atoms with Gasteiger partial charge < -0.3 is 9.40 Å². The summed E-state index contributed by atoms with van der Waals surface area (Å²) in [7, 11) is 3.54. The standard InChI is InChI=1S/3C4H4N2.2C4H3NO.2C3H6N4.2C3H3N3.2C3H2N2O.C3H3NO2.C3H3NOS.22C2H6/c1-2-6-4-3-5-1;1-2-5-4-6-3-1;1-2-4-6-5-3-1;2*6-4-2-1-3-5-4;1-3-4-5-6-7(3)2;1-3-4-6-7(2)5-3;1-4-2-6-3-5-1;1-2-5-6-3-4-1;6-3-1-4-2-5-3;6-3-4-1-2-5-3;2*5-3-4-1-2-6-3;22*1-2/h3*1-4H;2*1-3H;2*1-2H3;2*1-3H;2*1-2H;2*1-2H,(H,4,5);22*1-2H3. The topological polar surface area (TPSA) is 463 Å². The molecule has 0 saturated carbocycles. The summed E-state index contributed by atoms with van der Waals surface area (Å²) in [5.41, 5.74) is 0. The smallest absolute Gasteiger partial charge is 0.416 e. The van der Waals surface area contributed by atoms with Crippen molar-refractivity contribution in [2.45, 2.75) is 318 Å². The Morgan fingerprint density at radius 2 is 0.718 bits per heavy atom. The van der Waals surface area contributed by atoms with Gasteiger partial charge in [0.05, 0.1) is 31.9 Å². The number of rotatable bonds is 0. The molecule has 124 heavy (non-hydrogen) atoms. The number of allylic oxidation sites excluding steroid dienone is 2. The van der Waals surface area contributed by atoms with Crippen molar-refractivity contribution in [1.29, 1.82) is 0 Å². The van der Waals surface area contributed by atoms with Crippen LogP contribution in [0.15, 0.2) is 204 Å². The summed E-state index contributed by atoms with van der Waals surface area (Å²) < 4.78 is 5.83. The molecule has 9 aromatic heterocycles. The van der Waals surface area contributed by atoms with Gasteiger partial charge >= 0.3 is 16.7 Å². The predicted octanol–water partition coefficient (Wildman–Crippen LogP) is 23.4. The Bertz CT molecular complexity index is 2730. The largest absolute Gasteiger partial charge is 0.417 e. The Balaban J connectivity index is -0.0000000438. The molecule has 4 aliphatic rings. The summed E-state index contributed by atoms with van der Waals surface area (Å²) in [4.78, 5) is 115. The van der Waals surface area contributed by atoms with E-state index in [1.165, 1.54) is 116 Å². The number of urea groups is 1. The molecule has 0 radical (unpaired) electrons. The van der Waals surface area contributed by atoms with Crippen LogP contribution in [-0.4, -0.2) is 172 Å². The number of hydrogen-bond acceptors (Lipinski definition) is 27. The third kappa shape index (κ3) is 209. The normalized spacial score (nSPS) is 8.19. The van der Waals surface area contributed by atoms with Crippen LogP contribution in [0.25, 0.3) is 0 Å². The lowest BCUT2D eigenvalue weighted by Gasteiger charge is -1.81. The monoisotopic (exact) mass is 1770 g/mol. The average Bonchev–Trinajstić information content (AvgIpc) is 1.84. The third-order valence-electron chi connectivity index (χ3n) is 6.50. The zero-order chi connectivity index (χ0) is 102. The van der Waals surface area contributed by atoms with E-state index in [1.807, 2.05) is 324 Å². The maximum absolute atomic E-state index is 10.0. The van der Waals surface area contributed by atoms with E-state index in [4.69, 9.17) is 0 Å². The molecule has 0 unspecified atom stereocenters. The number of carbonyl (C=O) groups is 4. The number of aromatic nitrogens is 22. The number of aryl methyl sites for hydroxylation is 4. The van der Waals surface area contributed by atoms with Crippen molar-refractivity contribution >= 4 is 72.5 Å². The van der Waals surface area contributed by atoms with Crippen molar-refractivity contribution in [3.8, 4) is 0 Å². The summed E-state index contributed by atoms with van der Waals surface area (Å²) >= 11 is 1.17. The first-order valence-corrected chi connectivity index (χ1v) is 44.4. The lowest BCUT2D eigenvalue weighted by molar-refractivity contribution is -0.114. The molecule has 0 bridgehead atoms. The number of carbonyl (C=O) groups excluding carboxylic acids is 4. The highest BCUT2D eigenvalue weighted by Crippen LogP contribution is 1.85. The maximum atomic E-state index is 10.0. The van der Waals surface area contributed by atoms with Crippen molar-refractivity contribution in [1.82, 2.24) is 111 Å². The Labute approximate surface area is 757 Å². The summed E-state index contributed by atoms with van der Waals surface area (Å²) in [5.74, 6) is 0.553.